The number of likely N-dealkylation sites (tertiary alicyclic amines) is 1. The molecule has 3 rings (SSSR count). The second-order valence-electron chi connectivity index (χ2n) is 7.95. The molecule has 1 atom stereocenters. The van der Waals surface area contributed by atoms with E-state index in [1.807, 2.05) is 30.4 Å². The Hall–Kier alpha value is -1.48. The van der Waals surface area contributed by atoms with Crippen molar-refractivity contribution in [2.45, 2.75) is 38.9 Å². The highest BCUT2D eigenvalue weighted by Gasteiger charge is 2.59. The predicted octanol–water partition coefficient (Wildman–Crippen LogP) is 0.437. The van der Waals surface area contributed by atoms with Crippen LogP contribution in [-0.4, -0.2) is 69.7 Å². The van der Waals surface area contributed by atoms with Crippen LogP contribution >= 0.6 is 0 Å². The number of rotatable bonds is 4. The molecule has 2 aliphatic heterocycles. The predicted molar refractivity (Wildman–Crippen MR) is 93.2 cm³/mol. The molecule has 2 aliphatic rings. The van der Waals surface area contributed by atoms with Gasteiger partial charge in [-0.25, -0.2) is 12.7 Å². The van der Waals surface area contributed by atoms with Crippen molar-refractivity contribution in [1.29, 1.82) is 0 Å². The maximum atomic E-state index is 12.5. The molecule has 1 aromatic heterocycles. The summed E-state index contributed by atoms with van der Waals surface area (Å²) in [7, 11) is -1.39. The number of sulfonamides is 1. The van der Waals surface area contributed by atoms with Gasteiger partial charge in [0, 0.05) is 50.5 Å². The van der Waals surface area contributed by atoms with Crippen molar-refractivity contribution in [1.82, 2.24) is 24.0 Å². The fourth-order valence-corrected chi connectivity index (χ4v) is 5.39. The summed E-state index contributed by atoms with van der Waals surface area (Å²) in [4.78, 5) is 14.4. The Balaban J connectivity index is 1.88. The first kappa shape index (κ1) is 18.3. The number of carbonyl (C=O) groups excluding carboxylic acids is 1. The molecule has 9 heteroatoms. The van der Waals surface area contributed by atoms with E-state index in [0.29, 0.717) is 26.2 Å². The van der Waals surface area contributed by atoms with Crippen molar-refractivity contribution in [2.75, 3.05) is 26.2 Å². The van der Waals surface area contributed by atoms with Gasteiger partial charge in [0.15, 0.2) is 0 Å². The lowest BCUT2D eigenvalue weighted by molar-refractivity contribution is -0.134. The van der Waals surface area contributed by atoms with E-state index in [-0.39, 0.29) is 23.2 Å². The maximum absolute atomic E-state index is 12.5. The van der Waals surface area contributed by atoms with Crippen LogP contribution in [0, 0.1) is 11.3 Å². The minimum atomic E-state index is -3.27. The Morgan fingerprint density at radius 2 is 1.88 bits per heavy atom. The molecular formula is C16H27N5O3S. The number of hydrogen-bond donors (Lipinski definition) is 0. The molecule has 8 nitrogen and oxygen atoms in total. The van der Waals surface area contributed by atoms with E-state index in [4.69, 9.17) is 0 Å². The van der Waals surface area contributed by atoms with E-state index in [2.05, 4.69) is 10.2 Å². The molecule has 2 saturated heterocycles. The van der Waals surface area contributed by atoms with Crippen LogP contribution < -0.4 is 0 Å². The molecule has 0 N–H and O–H groups in total. The van der Waals surface area contributed by atoms with Crippen molar-refractivity contribution in [2.24, 2.45) is 18.4 Å². The molecule has 1 spiro atoms. The summed E-state index contributed by atoms with van der Waals surface area (Å²) in [6, 6.07) is 0. The first-order valence-electron chi connectivity index (χ1n) is 8.70. The summed E-state index contributed by atoms with van der Waals surface area (Å²) in [5.41, 5.74) is -0.271. The van der Waals surface area contributed by atoms with Gasteiger partial charge in [-0.2, -0.15) is 0 Å². The summed E-state index contributed by atoms with van der Waals surface area (Å²) in [6.07, 6.45) is 1.65. The van der Waals surface area contributed by atoms with Gasteiger partial charge in [-0.15, -0.1) is 10.2 Å². The number of carbonyl (C=O) groups is 1. The quantitative estimate of drug-likeness (QED) is 0.768. The van der Waals surface area contributed by atoms with Crippen LogP contribution in [0.15, 0.2) is 6.33 Å². The highest BCUT2D eigenvalue weighted by Crippen LogP contribution is 2.50. The van der Waals surface area contributed by atoms with Crippen molar-refractivity contribution >= 4 is 15.9 Å². The van der Waals surface area contributed by atoms with Gasteiger partial charge in [0.1, 0.15) is 12.2 Å². The lowest BCUT2D eigenvalue weighted by Crippen LogP contribution is -2.62. The number of aromatic nitrogens is 3. The number of hydrogen-bond acceptors (Lipinski definition) is 5. The first-order chi connectivity index (χ1) is 11.6. The number of nitrogens with zero attached hydrogens (tertiary/aromatic N) is 5. The topological polar surface area (TPSA) is 88.4 Å². The molecule has 0 bridgehead atoms. The van der Waals surface area contributed by atoms with Crippen LogP contribution in [0.1, 0.15) is 39.4 Å². The third-order valence-corrected chi connectivity index (χ3v) is 7.62. The van der Waals surface area contributed by atoms with Gasteiger partial charge in [-0.1, -0.05) is 13.8 Å². The minimum Gasteiger partial charge on any atom is -0.341 e. The van der Waals surface area contributed by atoms with E-state index in [0.717, 1.165) is 5.82 Å². The van der Waals surface area contributed by atoms with Crippen LogP contribution in [0.5, 0.6) is 0 Å². The van der Waals surface area contributed by atoms with Gasteiger partial charge in [-0.3, -0.25) is 4.79 Å². The van der Waals surface area contributed by atoms with E-state index in [9.17, 15) is 13.2 Å². The fourth-order valence-electron chi connectivity index (χ4n) is 3.92. The molecule has 1 amide bonds. The Morgan fingerprint density at radius 1 is 1.24 bits per heavy atom. The van der Waals surface area contributed by atoms with Crippen LogP contribution in [-0.2, 0) is 21.9 Å². The lowest BCUT2D eigenvalue weighted by Gasteiger charge is -2.50. The Labute approximate surface area is 149 Å². The maximum Gasteiger partial charge on any atom is 0.225 e. The highest BCUT2D eigenvalue weighted by atomic mass is 32.2. The van der Waals surface area contributed by atoms with Crippen molar-refractivity contribution in [3.05, 3.63) is 12.2 Å². The van der Waals surface area contributed by atoms with Gasteiger partial charge >= 0.3 is 0 Å². The minimum absolute atomic E-state index is 0.00122. The van der Waals surface area contributed by atoms with Crippen LogP contribution in [0.4, 0.5) is 0 Å². The second kappa shape index (κ2) is 6.05. The summed E-state index contributed by atoms with van der Waals surface area (Å²) >= 11 is 0. The van der Waals surface area contributed by atoms with Gasteiger partial charge < -0.3 is 9.47 Å². The number of amides is 1. The molecule has 3 heterocycles. The molecule has 0 aliphatic carbocycles. The molecule has 140 valence electrons. The summed E-state index contributed by atoms with van der Waals surface area (Å²) in [6.45, 7) is 9.19. The highest BCUT2D eigenvalue weighted by molar-refractivity contribution is 7.89. The molecule has 0 radical (unpaired) electrons. The standard InChI is InChI=1S/C16H27N5O3S/c1-11(2)15(22)20-6-13(14-18-17-10-19(14)5)16(7-20)8-21(9-16)25(23,24)12(3)4/h10-13H,6-9H2,1-5H3. The molecule has 1 aromatic rings. The molecule has 0 aromatic carbocycles. The van der Waals surface area contributed by atoms with Gasteiger partial charge in [0.2, 0.25) is 15.9 Å². The third-order valence-electron chi connectivity index (χ3n) is 5.45. The van der Waals surface area contributed by atoms with E-state index in [1.54, 1.807) is 24.5 Å². The average Bonchev–Trinajstić information content (AvgIpc) is 3.07. The summed E-state index contributed by atoms with van der Waals surface area (Å²) < 4.78 is 28.3. The fraction of sp³-hybridized carbons (Fsp3) is 0.812. The zero-order valence-electron chi connectivity index (χ0n) is 15.5. The molecule has 0 saturated carbocycles. The number of aryl methyl sites for hydroxylation is 1. The lowest BCUT2D eigenvalue weighted by atomic mass is 9.72. The van der Waals surface area contributed by atoms with Crippen LogP contribution in [0.2, 0.25) is 0 Å². The van der Waals surface area contributed by atoms with Crippen molar-refractivity contribution in [3.63, 3.8) is 0 Å². The van der Waals surface area contributed by atoms with Crippen molar-refractivity contribution in [3.8, 4) is 0 Å². The van der Waals surface area contributed by atoms with E-state index in [1.165, 1.54) is 0 Å². The Bertz CT molecular complexity index is 764. The SMILES string of the molecule is CC(C)C(=O)N1CC(c2nncn2C)C2(C1)CN(S(=O)(=O)C(C)C)C2. The first-order valence-corrected chi connectivity index (χ1v) is 10.2. The second-order valence-corrected chi connectivity index (χ2v) is 10.4. The smallest absolute Gasteiger partial charge is 0.225 e. The zero-order valence-corrected chi connectivity index (χ0v) is 16.3. The molecule has 25 heavy (non-hydrogen) atoms. The average molecular weight is 369 g/mol. The van der Waals surface area contributed by atoms with Crippen molar-refractivity contribution < 1.29 is 13.2 Å². The third kappa shape index (κ3) is 2.87. The normalized spacial score (nSPS) is 23.6. The van der Waals surface area contributed by atoms with Crippen LogP contribution in [0.25, 0.3) is 0 Å². The largest absolute Gasteiger partial charge is 0.341 e. The Kier molecular flexibility index (Phi) is 4.43. The Morgan fingerprint density at radius 3 is 2.36 bits per heavy atom. The van der Waals surface area contributed by atoms with E-state index >= 15 is 0 Å². The summed E-state index contributed by atoms with van der Waals surface area (Å²) in [5, 5.41) is 7.77. The summed E-state index contributed by atoms with van der Waals surface area (Å²) in [5.74, 6) is 0.849. The van der Waals surface area contributed by atoms with Crippen LogP contribution in [0.3, 0.4) is 0 Å². The molecular weight excluding hydrogens is 342 g/mol. The molecule has 1 unspecified atom stereocenters. The van der Waals surface area contributed by atoms with Gasteiger partial charge in [-0.05, 0) is 13.8 Å². The van der Waals surface area contributed by atoms with Gasteiger partial charge in [0.05, 0.1) is 5.25 Å². The molecule has 2 fully saturated rings. The monoisotopic (exact) mass is 369 g/mol. The van der Waals surface area contributed by atoms with E-state index < -0.39 is 15.3 Å². The zero-order chi connectivity index (χ0) is 18.6. The van der Waals surface area contributed by atoms with Gasteiger partial charge in [0.25, 0.3) is 0 Å².